The van der Waals surface area contributed by atoms with Crippen molar-refractivity contribution in [1.29, 1.82) is 5.26 Å². The Morgan fingerprint density at radius 1 is 1.15 bits per heavy atom. The van der Waals surface area contributed by atoms with Crippen molar-refractivity contribution in [3.05, 3.63) is 41.9 Å². The van der Waals surface area contributed by atoms with E-state index in [4.69, 9.17) is 9.47 Å². The third kappa shape index (κ3) is 4.73. The van der Waals surface area contributed by atoms with Crippen molar-refractivity contribution in [2.75, 3.05) is 32.9 Å². The number of nitriles is 1. The van der Waals surface area contributed by atoms with Crippen LogP contribution in [-0.4, -0.2) is 47.4 Å². The van der Waals surface area contributed by atoms with E-state index < -0.39 is 0 Å². The van der Waals surface area contributed by atoms with Crippen molar-refractivity contribution in [1.82, 2.24) is 19.9 Å². The van der Waals surface area contributed by atoms with Gasteiger partial charge in [0.1, 0.15) is 17.5 Å². The number of rotatable bonds is 6. The molecule has 2 fully saturated rings. The average Bonchev–Trinajstić information content (AvgIpc) is 3.29. The molecule has 2 aliphatic rings. The number of piperidine rings is 1. The van der Waals surface area contributed by atoms with Crippen LogP contribution < -0.4 is 10.1 Å². The molecule has 2 saturated heterocycles. The van der Waals surface area contributed by atoms with E-state index in [2.05, 4.69) is 51.2 Å². The highest BCUT2D eigenvalue weighted by Gasteiger charge is 2.21. The molecule has 2 aliphatic heterocycles. The number of fused-ring (bicyclic) bond motifs is 1. The molecule has 1 aromatic carbocycles. The Kier molecular flexibility index (Phi) is 6.56. The maximum absolute atomic E-state index is 9.58. The number of nitrogens with one attached hydrogen (secondary N) is 1. The predicted octanol–water partition coefficient (Wildman–Crippen LogP) is 4.40. The number of benzene rings is 1. The second-order valence-electron chi connectivity index (χ2n) is 9.12. The van der Waals surface area contributed by atoms with Gasteiger partial charge in [-0.2, -0.15) is 5.26 Å². The van der Waals surface area contributed by atoms with Crippen LogP contribution in [-0.2, 0) is 4.74 Å². The molecule has 0 radical (unpaired) electrons. The lowest BCUT2D eigenvalue weighted by atomic mass is 9.95. The lowest BCUT2D eigenvalue weighted by Gasteiger charge is -2.24. The van der Waals surface area contributed by atoms with Crippen molar-refractivity contribution in [2.45, 2.75) is 45.1 Å². The molecule has 5 rings (SSSR count). The Labute approximate surface area is 194 Å². The van der Waals surface area contributed by atoms with Gasteiger partial charge >= 0.3 is 0 Å². The fraction of sp³-hybridized carbons (Fsp3) is 0.500. The Balaban J connectivity index is 1.39. The molecular formula is C26H31N5O2. The zero-order valence-corrected chi connectivity index (χ0v) is 19.2. The summed E-state index contributed by atoms with van der Waals surface area (Å²) in [5.41, 5.74) is 3.67. The Morgan fingerprint density at radius 3 is 2.73 bits per heavy atom. The van der Waals surface area contributed by atoms with Crippen molar-refractivity contribution in [3.63, 3.8) is 0 Å². The van der Waals surface area contributed by atoms with Gasteiger partial charge in [-0.25, -0.2) is 9.97 Å². The van der Waals surface area contributed by atoms with Gasteiger partial charge in [0.2, 0.25) is 5.82 Å². The van der Waals surface area contributed by atoms with E-state index in [1.54, 1.807) is 0 Å². The number of nitrogens with zero attached hydrogens (tertiary/aromatic N) is 4. The topological polar surface area (TPSA) is 85.0 Å². The van der Waals surface area contributed by atoms with Crippen LogP contribution >= 0.6 is 0 Å². The summed E-state index contributed by atoms with van der Waals surface area (Å²) >= 11 is 0. The van der Waals surface area contributed by atoms with Crippen LogP contribution in [0.25, 0.3) is 22.3 Å². The van der Waals surface area contributed by atoms with Crippen molar-refractivity contribution in [3.8, 4) is 23.1 Å². The van der Waals surface area contributed by atoms with Gasteiger partial charge in [-0.05, 0) is 87.9 Å². The van der Waals surface area contributed by atoms with E-state index in [-0.39, 0.29) is 5.82 Å². The zero-order chi connectivity index (χ0) is 22.6. The number of ether oxygens (including phenoxy) is 2. The Morgan fingerprint density at radius 2 is 1.97 bits per heavy atom. The molecule has 0 atom stereocenters. The first-order chi connectivity index (χ1) is 16.2. The minimum atomic E-state index is 0.199. The summed E-state index contributed by atoms with van der Waals surface area (Å²) in [7, 11) is 0. The van der Waals surface area contributed by atoms with Crippen LogP contribution in [0.15, 0.2) is 30.5 Å². The summed E-state index contributed by atoms with van der Waals surface area (Å²) < 4.78 is 13.8. The van der Waals surface area contributed by atoms with Crippen LogP contribution in [0, 0.1) is 24.2 Å². The number of aromatic nitrogens is 3. The monoisotopic (exact) mass is 445 g/mol. The van der Waals surface area contributed by atoms with Gasteiger partial charge in [0, 0.05) is 36.4 Å². The summed E-state index contributed by atoms with van der Waals surface area (Å²) in [6.45, 7) is 6.56. The molecule has 7 heteroatoms. The van der Waals surface area contributed by atoms with Gasteiger partial charge in [0.25, 0.3) is 0 Å². The third-order valence-corrected chi connectivity index (χ3v) is 6.95. The molecule has 0 spiro atoms. The second-order valence-corrected chi connectivity index (χ2v) is 9.12. The second kappa shape index (κ2) is 9.90. The minimum absolute atomic E-state index is 0.199. The Bertz CT molecular complexity index is 1150. The van der Waals surface area contributed by atoms with E-state index in [1.807, 2.05) is 12.1 Å². The highest BCUT2D eigenvalue weighted by molar-refractivity contribution is 5.91. The number of hydrogen-bond donors (Lipinski definition) is 1. The SMILES string of the molecule is Cc1cc(-c2nc(C#N)nc3c2ccn3C2CCOCC2)ccc1OCCC1CCNCC1. The molecule has 7 nitrogen and oxygen atoms in total. The van der Waals surface area contributed by atoms with E-state index in [0.717, 1.165) is 91.7 Å². The van der Waals surface area contributed by atoms with E-state index in [0.29, 0.717) is 6.04 Å². The molecule has 4 heterocycles. The molecule has 0 saturated carbocycles. The van der Waals surface area contributed by atoms with Gasteiger partial charge in [0.05, 0.1) is 12.3 Å². The van der Waals surface area contributed by atoms with Crippen molar-refractivity contribution >= 4 is 11.0 Å². The zero-order valence-electron chi connectivity index (χ0n) is 19.2. The highest BCUT2D eigenvalue weighted by atomic mass is 16.5. The van der Waals surface area contributed by atoms with Crippen LogP contribution in [0.1, 0.15) is 49.5 Å². The lowest BCUT2D eigenvalue weighted by Crippen LogP contribution is -2.28. The molecule has 1 N–H and O–H groups in total. The normalized spacial score (nSPS) is 17.8. The fourth-order valence-corrected chi connectivity index (χ4v) is 5.03. The van der Waals surface area contributed by atoms with Gasteiger partial charge in [-0.3, -0.25) is 0 Å². The largest absolute Gasteiger partial charge is 0.493 e. The summed E-state index contributed by atoms with van der Waals surface area (Å²) in [5.74, 6) is 1.87. The first-order valence-electron chi connectivity index (χ1n) is 12.0. The summed E-state index contributed by atoms with van der Waals surface area (Å²) in [6.07, 6.45) is 7.55. The summed E-state index contributed by atoms with van der Waals surface area (Å²) in [6, 6.07) is 10.7. The van der Waals surface area contributed by atoms with Crippen molar-refractivity contribution < 1.29 is 9.47 Å². The molecule has 0 amide bonds. The highest BCUT2D eigenvalue weighted by Crippen LogP contribution is 2.33. The van der Waals surface area contributed by atoms with E-state index >= 15 is 0 Å². The summed E-state index contributed by atoms with van der Waals surface area (Å²) in [4.78, 5) is 9.15. The van der Waals surface area contributed by atoms with Crippen molar-refractivity contribution in [2.24, 2.45) is 5.92 Å². The minimum Gasteiger partial charge on any atom is -0.493 e. The number of hydrogen-bond acceptors (Lipinski definition) is 6. The maximum atomic E-state index is 9.58. The molecule has 0 bridgehead atoms. The first kappa shape index (κ1) is 21.9. The van der Waals surface area contributed by atoms with Crippen LogP contribution in [0.2, 0.25) is 0 Å². The molecule has 33 heavy (non-hydrogen) atoms. The number of aryl methyl sites for hydroxylation is 1. The summed E-state index contributed by atoms with van der Waals surface area (Å²) in [5, 5.41) is 14.0. The molecule has 2 aromatic heterocycles. The van der Waals surface area contributed by atoms with Gasteiger partial charge < -0.3 is 19.4 Å². The van der Waals surface area contributed by atoms with E-state index in [9.17, 15) is 5.26 Å². The van der Waals surface area contributed by atoms with Crippen LogP contribution in [0.3, 0.4) is 0 Å². The fourth-order valence-electron chi connectivity index (χ4n) is 5.03. The van der Waals surface area contributed by atoms with Gasteiger partial charge in [-0.15, -0.1) is 0 Å². The van der Waals surface area contributed by atoms with Gasteiger partial charge in [-0.1, -0.05) is 0 Å². The lowest BCUT2D eigenvalue weighted by molar-refractivity contribution is 0.0706. The average molecular weight is 446 g/mol. The third-order valence-electron chi connectivity index (χ3n) is 6.95. The van der Waals surface area contributed by atoms with Gasteiger partial charge in [0.15, 0.2) is 0 Å². The van der Waals surface area contributed by atoms with E-state index in [1.165, 1.54) is 12.8 Å². The first-order valence-corrected chi connectivity index (χ1v) is 12.0. The van der Waals surface area contributed by atoms with Crippen LogP contribution in [0.5, 0.6) is 5.75 Å². The molecular weight excluding hydrogens is 414 g/mol. The molecule has 0 aliphatic carbocycles. The molecule has 172 valence electrons. The molecule has 0 unspecified atom stereocenters. The quantitative estimate of drug-likeness (QED) is 0.605. The smallest absolute Gasteiger partial charge is 0.234 e. The standard InChI is InChI=1S/C26H31N5O2/c1-18-16-20(2-3-23(18)33-15-7-19-4-10-28-11-5-19)25-22-6-12-31(21-8-13-32-14-9-21)26(22)30-24(17-27)29-25/h2-3,6,12,16,19,21,28H,4-5,7-11,13-15H2,1H3. The maximum Gasteiger partial charge on any atom is 0.234 e. The Hall–Kier alpha value is -2.95. The van der Waals surface area contributed by atoms with Crippen LogP contribution in [0.4, 0.5) is 0 Å². The molecule has 3 aromatic rings. The predicted molar refractivity (Wildman–Crippen MR) is 127 cm³/mol.